The Morgan fingerprint density at radius 2 is 2.53 bits per heavy atom. The van der Waals surface area contributed by atoms with Gasteiger partial charge in [0.1, 0.15) is 0 Å². The number of furan rings is 1. The van der Waals surface area contributed by atoms with E-state index in [2.05, 4.69) is 16.6 Å². The van der Waals surface area contributed by atoms with E-state index in [1.54, 1.807) is 19.5 Å². The number of amides is 1. The number of nitrogens with one attached hydrogen (secondary N) is 2. The molecule has 15 heavy (non-hydrogen) atoms. The van der Waals surface area contributed by atoms with Crippen LogP contribution in [0.5, 0.6) is 0 Å². The maximum atomic E-state index is 11.4. The van der Waals surface area contributed by atoms with Crippen molar-refractivity contribution in [3.05, 3.63) is 24.2 Å². The highest BCUT2D eigenvalue weighted by Gasteiger charge is 2.10. The summed E-state index contributed by atoms with van der Waals surface area (Å²) in [4.78, 5) is 11.4. The molecule has 0 bridgehead atoms. The van der Waals surface area contributed by atoms with E-state index in [0.717, 1.165) is 5.56 Å². The highest BCUT2D eigenvalue weighted by Crippen LogP contribution is 1.99. The lowest BCUT2D eigenvalue weighted by molar-refractivity contribution is -0.122. The molecule has 0 aliphatic heterocycles. The van der Waals surface area contributed by atoms with E-state index in [9.17, 15) is 4.79 Å². The van der Waals surface area contributed by atoms with Crippen molar-refractivity contribution in [2.45, 2.75) is 19.5 Å². The molecule has 1 unspecified atom stereocenters. The summed E-state index contributed by atoms with van der Waals surface area (Å²) in [6.45, 7) is 2.64. The van der Waals surface area contributed by atoms with E-state index in [1.807, 2.05) is 6.07 Å². The second-order valence-corrected chi connectivity index (χ2v) is 3.16. The molecule has 0 spiro atoms. The summed E-state index contributed by atoms with van der Waals surface area (Å²) in [7, 11) is 0. The van der Waals surface area contributed by atoms with Crippen LogP contribution >= 0.6 is 0 Å². The number of rotatable bonds is 5. The number of carbonyl (C=O) groups excluding carboxylic acids is 1. The van der Waals surface area contributed by atoms with Crippen molar-refractivity contribution in [3.8, 4) is 12.3 Å². The predicted molar refractivity (Wildman–Crippen MR) is 56.9 cm³/mol. The molecule has 4 nitrogen and oxygen atoms in total. The Morgan fingerprint density at radius 3 is 3.13 bits per heavy atom. The van der Waals surface area contributed by atoms with Crippen LogP contribution in [-0.4, -0.2) is 18.5 Å². The van der Waals surface area contributed by atoms with Gasteiger partial charge in [0.2, 0.25) is 5.91 Å². The number of carbonyl (C=O) groups is 1. The predicted octanol–water partition coefficient (Wildman–Crippen LogP) is 0.507. The first-order valence-corrected chi connectivity index (χ1v) is 4.69. The maximum Gasteiger partial charge on any atom is 0.237 e. The molecule has 80 valence electrons. The Labute approximate surface area is 89.0 Å². The average molecular weight is 206 g/mol. The van der Waals surface area contributed by atoms with Gasteiger partial charge in [-0.15, -0.1) is 6.42 Å². The standard InChI is InChI=1S/C11H14N2O2/c1-3-5-12-11(14)9(2)13-7-10-4-6-15-8-10/h1,4,6,8-9,13H,5,7H2,2H3,(H,12,14). The van der Waals surface area contributed by atoms with Crippen LogP contribution in [-0.2, 0) is 11.3 Å². The monoisotopic (exact) mass is 206 g/mol. The molecule has 1 atom stereocenters. The minimum atomic E-state index is -0.270. The van der Waals surface area contributed by atoms with Crippen LogP contribution in [0.1, 0.15) is 12.5 Å². The summed E-state index contributed by atoms with van der Waals surface area (Å²) in [6.07, 6.45) is 8.27. The van der Waals surface area contributed by atoms with Crippen LogP contribution in [0.15, 0.2) is 23.0 Å². The van der Waals surface area contributed by atoms with Gasteiger partial charge in [0, 0.05) is 12.1 Å². The molecule has 0 aromatic carbocycles. The van der Waals surface area contributed by atoms with Crippen molar-refractivity contribution < 1.29 is 9.21 Å². The van der Waals surface area contributed by atoms with Crippen molar-refractivity contribution in [2.75, 3.05) is 6.54 Å². The topological polar surface area (TPSA) is 54.3 Å². The molecule has 0 saturated heterocycles. The van der Waals surface area contributed by atoms with Gasteiger partial charge in [0.15, 0.2) is 0 Å². The molecule has 1 amide bonds. The van der Waals surface area contributed by atoms with E-state index >= 15 is 0 Å². The average Bonchev–Trinajstić information content (AvgIpc) is 2.75. The van der Waals surface area contributed by atoms with Crippen LogP contribution in [0.25, 0.3) is 0 Å². The van der Waals surface area contributed by atoms with Gasteiger partial charge in [-0.3, -0.25) is 4.79 Å². The molecular formula is C11H14N2O2. The molecule has 1 rings (SSSR count). The highest BCUT2D eigenvalue weighted by atomic mass is 16.3. The van der Waals surface area contributed by atoms with Gasteiger partial charge in [-0.05, 0) is 13.0 Å². The number of hydrogen-bond acceptors (Lipinski definition) is 3. The summed E-state index contributed by atoms with van der Waals surface area (Å²) in [5.74, 6) is 2.25. The summed E-state index contributed by atoms with van der Waals surface area (Å²) in [5, 5.41) is 5.65. The normalized spacial score (nSPS) is 11.7. The lowest BCUT2D eigenvalue weighted by Gasteiger charge is -2.11. The van der Waals surface area contributed by atoms with Gasteiger partial charge < -0.3 is 15.1 Å². The van der Waals surface area contributed by atoms with E-state index < -0.39 is 0 Å². The van der Waals surface area contributed by atoms with Crippen molar-refractivity contribution in [2.24, 2.45) is 0 Å². The third-order valence-electron chi connectivity index (χ3n) is 1.95. The van der Waals surface area contributed by atoms with E-state index in [4.69, 9.17) is 10.8 Å². The quantitative estimate of drug-likeness (QED) is 0.690. The fourth-order valence-electron chi connectivity index (χ4n) is 1.05. The van der Waals surface area contributed by atoms with Crippen molar-refractivity contribution >= 4 is 5.91 Å². The minimum absolute atomic E-state index is 0.101. The van der Waals surface area contributed by atoms with Gasteiger partial charge >= 0.3 is 0 Å². The van der Waals surface area contributed by atoms with Gasteiger partial charge in [-0.1, -0.05) is 5.92 Å². The van der Waals surface area contributed by atoms with Crippen molar-refractivity contribution in [1.82, 2.24) is 10.6 Å². The zero-order valence-corrected chi connectivity index (χ0v) is 8.62. The molecule has 4 heteroatoms. The maximum absolute atomic E-state index is 11.4. The fourth-order valence-corrected chi connectivity index (χ4v) is 1.05. The third-order valence-corrected chi connectivity index (χ3v) is 1.95. The number of hydrogen-bond donors (Lipinski definition) is 2. The molecule has 0 aliphatic rings. The van der Waals surface area contributed by atoms with Crippen LogP contribution < -0.4 is 10.6 Å². The molecule has 0 saturated carbocycles. The molecule has 1 aromatic heterocycles. The van der Waals surface area contributed by atoms with E-state index in [1.165, 1.54) is 0 Å². The molecule has 0 aliphatic carbocycles. The van der Waals surface area contributed by atoms with Gasteiger partial charge in [0.25, 0.3) is 0 Å². The van der Waals surface area contributed by atoms with Gasteiger partial charge in [-0.25, -0.2) is 0 Å². The third kappa shape index (κ3) is 3.88. The summed E-state index contributed by atoms with van der Waals surface area (Å²) < 4.78 is 4.91. The first kappa shape index (κ1) is 11.3. The van der Waals surface area contributed by atoms with Gasteiger partial charge in [-0.2, -0.15) is 0 Å². The Hall–Kier alpha value is -1.73. The van der Waals surface area contributed by atoms with E-state index in [0.29, 0.717) is 6.54 Å². The smallest absolute Gasteiger partial charge is 0.237 e. The molecule has 1 heterocycles. The summed E-state index contributed by atoms with van der Waals surface area (Å²) in [6, 6.07) is 1.58. The Morgan fingerprint density at radius 1 is 1.73 bits per heavy atom. The summed E-state index contributed by atoms with van der Waals surface area (Å²) in [5.41, 5.74) is 1.01. The second-order valence-electron chi connectivity index (χ2n) is 3.16. The van der Waals surface area contributed by atoms with Crippen LogP contribution in [0, 0.1) is 12.3 Å². The molecule has 0 radical (unpaired) electrons. The molecule has 0 fully saturated rings. The van der Waals surface area contributed by atoms with Crippen LogP contribution in [0.3, 0.4) is 0 Å². The molecular weight excluding hydrogens is 192 g/mol. The van der Waals surface area contributed by atoms with Crippen molar-refractivity contribution in [1.29, 1.82) is 0 Å². The lowest BCUT2D eigenvalue weighted by atomic mass is 10.2. The Kier molecular flexibility index (Phi) is 4.45. The SMILES string of the molecule is C#CCNC(=O)C(C)NCc1ccoc1. The first-order valence-electron chi connectivity index (χ1n) is 4.69. The second kappa shape index (κ2) is 5.89. The zero-order chi connectivity index (χ0) is 11.1. The first-order chi connectivity index (χ1) is 7.24. The molecule has 1 aromatic rings. The number of terminal acetylenes is 1. The lowest BCUT2D eigenvalue weighted by Crippen LogP contribution is -2.41. The minimum Gasteiger partial charge on any atom is -0.472 e. The van der Waals surface area contributed by atoms with Crippen LogP contribution in [0.4, 0.5) is 0 Å². The fraction of sp³-hybridized carbons (Fsp3) is 0.364. The van der Waals surface area contributed by atoms with Crippen LogP contribution in [0.2, 0.25) is 0 Å². The zero-order valence-electron chi connectivity index (χ0n) is 8.62. The largest absolute Gasteiger partial charge is 0.472 e. The summed E-state index contributed by atoms with van der Waals surface area (Å²) >= 11 is 0. The highest BCUT2D eigenvalue weighted by molar-refractivity contribution is 5.81. The Balaban J connectivity index is 2.27. The Bertz CT molecular complexity index is 338. The van der Waals surface area contributed by atoms with Gasteiger partial charge in [0.05, 0.1) is 25.1 Å². The van der Waals surface area contributed by atoms with E-state index in [-0.39, 0.29) is 18.5 Å². The molecule has 2 N–H and O–H groups in total. The van der Waals surface area contributed by atoms with Crippen molar-refractivity contribution in [3.63, 3.8) is 0 Å².